The number of allylic oxidation sites excluding steroid dienone is 2. The van der Waals surface area contributed by atoms with E-state index in [2.05, 4.69) is 4.98 Å². The summed E-state index contributed by atoms with van der Waals surface area (Å²) in [6.45, 7) is 4.73. The summed E-state index contributed by atoms with van der Waals surface area (Å²) in [6, 6.07) is 1.80. The van der Waals surface area contributed by atoms with Gasteiger partial charge in [0.05, 0.1) is 19.2 Å². The maximum Gasteiger partial charge on any atom is 0.332 e. The first-order valence-electron chi connectivity index (χ1n) is 11.9. The Kier molecular flexibility index (Phi) is 7.30. The zero-order chi connectivity index (χ0) is 27.0. The molecule has 0 bridgehead atoms. The Morgan fingerprint density at radius 2 is 1.97 bits per heavy atom. The number of methoxy groups -OCH3 is 1. The summed E-state index contributed by atoms with van der Waals surface area (Å²) in [7, 11) is 2.56. The number of benzene rings is 1. The Bertz CT molecular complexity index is 1520. The highest BCUT2D eigenvalue weighted by Gasteiger charge is 2.27. The van der Waals surface area contributed by atoms with Crippen LogP contribution in [-0.2, 0) is 20.1 Å². The summed E-state index contributed by atoms with van der Waals surface area (Å²) in [4.78, 5) is 46.6. The molecular formula is C25H30F2N6O4. The third kappa shape index (κ3) is 4.80. The fraction of sp³-hybridized carbons (Fsp3) is 0.440. The molecule has 37 heavy (non-hydrogen) atoms. The van der Waals surface area contributed by atoms with Crippen LogP contribution in [0.4, 0.5) is 14.7 Å². The average molecular weight is 517 g/mol. The molecule has 4 rings (SSSR count). The molecule has 0 saturated carbocycles. The van der Waals surface area contributed by atoms with Crippen LogP contribution in [-0.4, -0.2) is 50.7 Å². The molecule has 1 aliphatic rings. The molecular weight excluding hydrogens is 486 g/mol. The molecule has 1 aromatic carbocycles. The van der Waals surface area contributed by atoms with E-state index in [-0.39, 0.29) is 22.8 Å². The lowest BCUT2D eigenvalue weighted by Crippen LogP contribution is -2.44. The number of ketones is 1. The largest absolute Gasteiger partial charge is 0.493 e. The zero-order valence-corrected chi connectivity index (χ0v) is 21.3. The van der Waals surface area contributed by atoms with Crippen molar-refractivity contribution >= 4 is 22.9 Å². The molecule has 1 saturated heterocycles. The Morgan fingerprint density at radius 3 is 2.62 bits per heavy atom. The second-order valence-corrected chi connectivity index (χ2v) is 9.42. The van der Waals surface area contributed by atoms with Crippen molar-refractivity contribution in [1.82, 2.24) is 18.7 Å². The van der Waals surface area contributed by atoms with Gasteiger partial charge in [0, 0.05) is 32.7 Å². The minimum absolute atomic E-state index is 0.0466. The fourth-order valence-corrected chi connectivity index (χ4v) is 4.56. The molecule has 1 atom stereocenters. The molecule has 0 radical (unpaired) electrons. The van der Waals surface area contributed by atoms with Crippen molar-refractivity contribution in [3.05, 3.63) is 61.8 Å². The van der Waals surface area contributed by atoms with Gasteiger partial charge in [-0.25, -0.2) is 9.18 Å². The van der Waals surface area contributed by atoms with Crippen LogP contribution in [0.15, 0.2) is 33.4 Å². The lowest BCUT2D eigenvalue weighted by Gasteiger charge is -2.31. The molecule has 3 heterocycles. The van der Waals surface area contributed by atoms with Crippen molar-refractivity contribution in [3.8, 4) is 5.75 Å². The van der Waals surface area contributed by atoms with Gasteiger partial charge in [0.2, 0.25) is 11.8 Å². The number of Topliss-reactive ketones (excluding diaryl/α,β-unsaturated/α-hetero) is 1. The van der Waals surface area contributed by atoms with Crippen LogP contribution in [0.2, 0.25) is 0 Å². The number of hydrogen-bond donors (Lipinski definition) is 1. The second-order valence-electron chi connectivity index (χ2n) is 9.42. The quantitative estimate of drug-likeness (QED) is 0.377. The van der Waals surface area contributed by atoms with E-state index in [0.29, 0.717) is 25.6 Å². The Morgan fingerprint density at radius 1 is 1.24 bits per heavy atom. The van der Waals surface area contributed by atoms with Crippen LogP contribution in [0.5, 0.6) is 5.75 Å². The number of rotatable bonds is 7. The number of nitrogens with two attached hydrogens (primary N) is 1. The maximum absolute atomic E-state index is 14.2. The molecule has 10 nitrogen and oxygen atoms in total. The van der Waals surface area contributed by atoms with Crippen molar-refractivity contribution in [1.29, 1.82) is 0 Å². The zero-order valence-electron chi connectivity index (χ0n) is 21.3. The maximum atomic E-state index is 14.2. The van der Waals surface area contributed by atoms with Crippen LogP contribution >= 0.6 is 0 Å². The van der Waals surface area contributed by atoms with Gasteiger partial charge in [-0.15, -0.1) is 0 Å². The Hall–Kier alpha value is -3.80. The van der Waals surface area contributed by atoms with Crippen molar-refractivity contribution in [2.75, 3.05) is 25.1 Å². The van der Waals surface area contributed by atoms with Crippen molar-refractivity contribution in [2.24, 2.45) is 12.8 Å². The van der Waals surface area contributed by atoms with Crippen molar-refractivity contribution in [3.63, 3.8) is 0 Å². The summed E-state index contributed by atoms with van der Waals surface area (Å²) in [5.74, 6) is -3.37. The highest BCUT2D eigenvalue weighted by Crippen LogP contribution is 2.26. The molecule has 3 aromatic rings. The number of halogens is 2. The predicted molar refractivity (Wildman–Crippen MR) is 135 cm³/mol. The van der Waals surface area contributed by atoms with E-state index in [1.807, 2.05) is 24.8 Å². The molecule has 1 fully saturated rings. The topological polar surface area (TPSA) is 117 Å². The van der Waals surface area contributed by atoms with Gasteiger partial charge in [-0.05, 0) is 38.8 Å². The molecule has 198 valence electrons. The Labute approximate surface area is 211 Å². The molecule has 0 amide bonds. The lowest BCUT2D eigenvalue weighted by atomic mass is 10.1. The number of carbonyl (C=O) groups excluding carboxylic acids is 1. The summed E-state index contributed by atoms with van der Waals surface area (Å²) in [5, 5.41) is 0. The van der Waals surface area contributed by atoms with Crippen LogP contribution in [0.3, 0.4) is 0 Å². The van der Waals surface area contributed by atoms with Crippen LogP contribution in [0, 0.1) is 11.6 Å². The first-order chi connectivity index (χ1) is 17.5. The first-order valence-corrected chi connectivity index (χ1v) is 11.9. The van der Waals surface area contributed by atoms with Crippen LogP contribution in [0.25, 0.3) is 11.2 Å². The lowest BCUT2D eigenvalue weighted by molar-refractivity contribution is 0.0965. The SMILES string of the molecule is COc1c(C(=O)Cn2c(=O)c3c(nc(N4CCCC(N)C4)n3CC=C(C)C)n(C)c2=O)ccc(F)c1F. The highest BCUT2D eigenvalue weighted by molar-refractivity contribution is 5.98. The standard InChI is InChI=1S/C25H30F2N6O4/c1-14(2)9-11-32-20-22(29-24(32)31-10-5-6-15(28)12-31)30(3)25(36)33(23(20)35)13-18(34)16-7-8-17(26)19(27)21(16)37-4/h7-9,15H,5-6,10-13,28H2,1-4H3. The summed E-state index contributed by atoms with van der Waals surface area (Å²) in [5.41, 5.74) is 5.78. The van der Waals surface area contributed by atoms with E-state index in [0.717, 1.165) is 42.2 Å². The summed E-state index contributed by atoms with van der Waals surface area (Å²) < 4.78 is 36.4. The minimum Gasteiger partial charge on any atom is -0.493 e. The van der Waals surface area contributed by atoms with Gasteiger partial charge in [-0.3, -0.25) is 18.7 Å². The number of ether oxygens (including phenoxy) is 1. The number of imidazole rings is 1. The molecule has 0 aliphatic carbocycles. The molecule has 0 spiro atoms. The molecule has 2 aromatic heterocycles. The van der Waals surface area contributed by atoms with Gasteiger partial charge in [0.1, 0.15) is 0 Å². The van der Waals surface area contributed by atoms with Crippen molar-refractivity contribution in [2.45, 2.75) is 45.8 Å². The normalized spacial score (nSPS) is 15.8. The van der Waals surface area contributed by atoms with Gasteiger partial charge < -0.3 is 19.9 Å². The van der Waals surface area contributed by atoms with Gasteiger partial charge in [0.25, 0.3) is 5.56 Å². The van der Waals surface area contributed by atoms with E-state index < -0.39 is 41.0 Å². The number of aryl methyl sites for hydroxylation is 1. The smallest absolute Gasteiger partial charge is 0.332 e. The van der Waals surface area contributed by atoms with Crippen molar-refractivity contribution < 1.29 is 18.3 Å². The summed E-state index contributed by atoms with van der Waals surface area (Å²) in [6.07, 6.45) is 3.67. The Balaban J connectivity index is 1.88. The van der Waals surface area contributed by atoms with E-state index in [9.17, 15) is 23.2 Å². The second kappa shape index (κ2) is 10.3. The fourth-order valence-electron chi connectivity index (χ4n) is 4.56. The first kappa shape index (κ1) is 26.3. The molecule has 2 N–H and O–H groups in total. The van der Waals surface area contributed by atoms with E-state index >= 15 is 0 Å². The van der Waals surface area contributed by atoms with Gasteiger partial charge in [-0.1, -0.05) is 11.6 Å². The van der Waals surface area contributed by atoms with E-state index in [1.165, 1.54) is 11.6 Å². The average Bonchev–Trinajstić information content (AvgIpc) is 3.25. The number of anilines is 1. The minimum atomic E-state index is -1.33. The third-order valence-electron chi connectivity index (χ3n) is 6.49. The molecule has 1 aliphatic heterocycles. The van der Waals surface area contributed by atoms with Gasteiger partial charge >= 0.3 is 5.69 Å². The molecule has 12 heteroatoms. The third-order valence-corrected chi connectivity index (χ3v) is 6.49. The number of nitrogens with zero attached hydrogens (tertiary/aromatic N) is 5. The number of aromatic nitrogens is 4. The predicted octanol–water partition coefficient (Wildman–Crippen LogP) is 1.96. The molecule has 1 unspecified atom stereocenters. The number of carbonyl (C=O) groups is 1. The van der Waals surface area contributed by atoms with Crippen LogP contribution < -0.4 is 26.6 Å². The van der Waals surface area contributed by atoms with E-state index in [4.69, 9.17) is 10.5 Å². The van der Waals surface area contributed by atoms with Gasteiger partial charge in [-0.2, -0.15) is 9.37 Å². The number of fused-ring (bicyclic) bond motifs is 1. The van der Waals surface area contributed by atoms with Crippen LogP contribution in [0.1, 0.15) is 37.0 Å². The summed E-state index contributed by atoms with van der Waals surface area (Å²) >= 11 is 0. The monoisotopic (exact) mass is 516 g/mol. The number of piperidine rings is 1. The van der Waals surface area contributed by atoms with Gasteiger partial charge in [0.15, 0.2) is 28.5 Å². The number of hydrogen-bond acceptors (Lipinski definition) is 7. The van der Waals surface area contributed by atoms with E-state index in [1.54, 1.807) is 4.57 Å². The highest BCUT2D eigenvalue weighted by atomic mass is 19.2.